The molecule has 2 amide bonds. The molecule has 0 radical (unpaired) electrons. The van der Waals surface area contributed by atoms with Crippen molar-refractivity contribution in [2.45, 2.75) is 44.7 Å². The van der Waals surface area contributed by atoms with Crippen molar-refractivity contribution < 1.29 is 4.79 Å². The lowest BCUT2D eigenvalue weighted by Crippen LogP contribution is -2.44. The Balaban J connectivity index is 1.15. The number of aromatic nitrogens is 2. The highest BCUT2D eigenvalue weighted by atomic mass is 16.2. The van der Waals surface area contributed by atoms with Crippen LogP contribution < -0.4 is 5.32 Å². The number of urea groups is 1. The topological polar surface area (TPSA) is 50.2 Å². The number of amides is 2. The molecule has 152 valence electrons. The van der Waals surface area contributed by atoms with Crippen LogP contribution in [0.3, 0.4) is 0 Å². The number of imidazole rings is 1. The minimum absolute atomic E-state index is 0.0578. The summed E-state index contributed by atoms with van der Waals surface area (Å²) in [5, 5.41) is 3.33. The van der Waals surface area contributed by atoms with Gasteiger partial charge in [0, 0.05) is 36.3 Å². The predicted molar refractivity (Wildman–Crippen MR) is 116 cm³/mol. The Labute approximate surface area is 176 Å². The van der Waals surface area contributed by atoms with Crippen molar-refractivity contribution in [2.75, 3.05) is 6.54 Å². The van der Waals surface area contributed by atoms with E-state index in [9.17, 15) is 4.79 Å². The van der Waals surface area contributed by atoms with Crippen LogP contribution in [0, 0.1) is 12.8 Å². The van der Waals surface area contributed by atoms with Crippen LogP contribution in [-0.4, -0.2) is 33.1 Å². The average molecular weight is 399 g/mol. The van der Waals surface area contributed by atoms with Crippen molar-refractivity contribution in [3.8, 4) is 5.69 Å². The molecule has 0 spiro atoms. The quantitative estimate of drug-likeness (QED) is 0.710. The summed E-state index contributed by atoms with van der Waals surface area (Å²) in [6, 6.07) is 17.6. The van der Waals surface area contributed by atoms with E-state index in [1.54, 1.807) is 0 Å². The fourth-order valence-corrected chi connectivity index (χ4v) is 5.41. The summed E-state index contributed by atoms with van der Waals surface area (Å²) in [6.07, 6.45) is 5.03. The third kappa shape index (κ3) is 2.83. The van der Waals surface area contributed by atoms with Gasteiger partial charge in [0.25, 0.3) is 0 Å². The van der Waals surface area contributed by atoms with Crippen LogP contribution in [-0.2, 0) is 19.4 Å². The van der Waals surface area contributed by atoms with E-state index >= 15 is 0 Å². The van der Waals surface area contributed by atoms with Gasteiger partial charge in [-0.2, -0.15) is 0 Å². The van der Waals surface area contributed by atoms with Crippen LogP contribution >= 0.6 is 0 Å². The first-order valence-electron chi connectivity index (χ1n) is 10.9. The van der Waals surface area contributed by atoms with Gasteiger partial charge < -0.3 is 14.8 Å². The predicted octanol–water partition coefficient (Wildman–Crippen LogP) is 3.98. The highest BCUT2D eigenvalue weighted by Crippen LogP contribution is 2.54. The van der Waals surface area contributed by atoms with Crippen molar-refractivity contribution in [2.24, 2.45) is 5.92 Å². The molecule has 1 saturated carbocycles. The van der Waals surface area contributed by atoms with Gasteiger partial charge >= 0.3 is 6.03 Å². The van der Waals surface area contributed by atoms with E-state index in [0.29, 0.717) is 18.4 Å². The van der Waals surface area contributed by atoms with E-state index in [2.05, 4.69) is 70.3 Å². The highest BCUT2D eigenvalue weighted by molar-refractivity contribution is 5.76. The summed E-state index contributed by atoms with van der Waals surface area (Å²) in [7, 11) is 0. The average Bonchev–Trinajstić information content (AvgIpc) is 3.31. The molecule has 30 heavy (non-hydrogen) atoms. The van der Waals surface area contributed by atoms with E-state index in [1.165, 1.54) is 28.8 Å². The molecular weight excluding hydrogens is 372 g/mol. The second kappa shape index (κ2) is 6.73. The first kappa shape index (κ1) is 17.8. The molecule has 1 aliphatic heterocycles. The van der Waals surface area contributed by atoms with Crippen LogP contribution in [0.25, 0.3) is 5.69 Å². The Bertz CT molecular complexity index is 1120. The second-order valence-electron chi connectivity index (χ2n) is 8.92. The molecule has 5 nitrogen and oxygen atoms in total. The van der Waals surface area contributed by atoms with Gasteiger partial charge in [0.15, 0.2) is 0 Å². The van der Waals surface area contributed by atoms with Gasteiger partial charge in [0.1, 0.15) is 0 Å². The largest absolute Gasteiger partial charge is 0.334 e. The van der Waals surface area contributed by atoms with Crippen molar-refractivity contribution in [3.05, 3.63) is 82.9 Å². The van der Waals surface area contributed by atoms with Gasteiger partial charge in [-0.25, -0.2) is 9.78 Å². The summed E-state index contributed by atoms with van der Waals surface area (Å²) in [4.78, 5) is 19.6. The standard InChI is InChI=1S/C25H26N4O/c1-16-6-9-18(10-7-16)29-15-26-21-14-28(13-12-22(21)29)25(30)27-24-20-11-8-17-4-2-3-5-19(17)23(20)24/h2-7,9-10,15,20,23-24H,8,11-14H2,1H3,(H,27,30). The Morgan fingerprint density at radius 2 is 1.93 bits per heavy atom. The van der Waals surface area contributed by atoms with Gasteiger partial charge in [0.2, 0.25) is 0 Å². The molecule has 2 heterocycles. The Kier molecular flexibility index (Phi) is 3.98. The fraction of sp³-hybridized carbons (Fsp3) is 0.360. The number of nitrogens with one attached hydrogen (secondary N) is 1. The number of hydrogen-bond donors (Lipinski definition) is 1. The van der Waals surface area contributed by atoms with Crippen LogP contribution in [0.4, 0.5) is 4.79 Å². The van der Waals surface area contributed by atoms with Crippen molar-refractivity contribution in [3.63, 3.8) is 0 Å². The maximum absolute atomic E-state index is 13.0. The van der Waals surface area contributed by atoms with Crippen LogP contribution in [0.1, 0.15) is 40.4 Å². The Morgan fingerprint density at radius 1 is 1.10 bits per heavy atom. The van der Waals surface area contributed by atoms with Crippen LogP contribution in [0.2, 0.25) is 0 Å². The molecule has 3 unspecified atom stereocenters. The summed E-state index contributed by atoms with van der Waals surface area (Å²) in [5.41, 5.74) is 7.51. The van der Waals surface area contributed by atoms with Crippen LogP contribution in [0.5, 0.6) is 0 Å². The summed E-state index contributed by atoms with van der Waals surface area (Å²) in [6.45, 7) is 3.41. The van der Waals surface area contributed by atoms with Gasteiger partial charge in [0.05, 0.1) is 18.6 Å². The number of aryl methyl sites for hydroxylation is 2. The summed E-state index contributed by atoms with van der Waals surface area (Å²) < 4.78 is 2.16. The zero-order chi connectivity index (χ0) is 20.2. The number of carbonyl (C=O) groups excluding carboxylic acids is 1. The van der Waals surface area contributed by atoms with E-state index in [0.717, 1.165) is 30.8 Å². The first-order valence-corrected chi connectivity index (χ1v) is 10.9. The smallest absolute Gasteiger partial charge is 0.318 e. The molecule has 6 rings (SSSR count). The summed E-state index contributed by atoms with van der Waals surface area (Å²) >= 11 is 0. The van der Waals surface area contributed by atoms with Crippen LogP contribution in [0.15, 0.2) is 54.9 Å². The summed E-state index contributed by atoms with van der Waals surface area (Å²) in [5.74, 6) is 1.10. The Morgan fingerprint density at radius 3 is 2.80 bits per heavy atom. The zero-order valence-corrected chi connectivity index (χ0v) is 17.2. The monoisotopic (exact) mass is 398 g/mol. The molecule has 2 aliphatic carbocycles. The normalized spacial score (nSPS) is 23.9. The lowest BCUT2D eigenvalue weighted by atomic mass is 9.92. The molecule has 1 fully saturated rings. The van der Waals surface area contributed by atoms with Gasteiger partial charge in [-0.1, -0.05) is 42.0 Å². The zero-order valence-electron chi connectivity index (χ0n) is 17.2. The van der Waals surface area contributed by atoms with Gasteiger partial charge in [-0.15, -0.1) is 0 Å². The third-order valence-electron chi connectivity index (χ3n) is 7.13. The first-order chi connectivity index (χ1) is 14.7. The minimum Gasteiger partial charge on any atom is -0.334 e. The minimum atomic E-state index is 0.0578. The van der Waals surface area contributed by atoms with Crippen molar-refractivity contribution in [1.82, 2.24) is 19.8 Å². The van der Waals surface area contributed by atoms with E-state index in [4.69, 9.17) is 0 Å². The lowest BCUT2D eigenvalue weighted by Gasteiger charge is -2.27. The maximum atomic E-state index is 13.0. The van der Waals surface area contributed by atoms with Crippen molar-refractivity contribution >= 4 is 6.03 Å². The van der Waals surface area contributed by atoms with Gasteiger partial charge in [-0.3, -0.25) is 0 Å². The molecule has 2 aromatic carbocycles. The lowest BCUT2D eigenvalue weighted by molar-refractivity contribution is 0.190. The fourth-order valence-electron chi connectivity index (χ4n) is 5.41. The molecule has 1 aromatic heterocycles. The molecule has 0 bridgehead atoms. The third-order valence-corrected chi connectivity index (χ3v) is 7.13. The number of hydrogen-bond acceptors (Lipinski definition) is 2. The number of nitrogens with zero attached hydrogens (tertiary/aromatic N) is 3. The maximum Gasteiger partial charge on any atom is 0.318 e. The molecule has 5 heteroatoms. The number of benzene rings is 2. The number of fused-ring (bicyclic) bond motifs is 4. The number of carbonyl (C=O) groups is 1. The van der Waals surface area contributed by atoms with E-state index in [-0.39, 0.29) is 12.1 Å². The molecule has 3 aromatic rings. The molecule has 3 atom stereocenters. The molecule has 0 saturated heterocycles. The second-order valence-corrected chi connectivity index (χ2v) is 8.92. The highest BCUT2D eigenvalue weighted by Gasteiger charge is 2.54. The van der Waals surface area contributed by atoms with Crippen molar-refractivity contribution in [1.29, 1.82) is 0 Å². The molecular formula is C25H26N4O. The SMILES string of the molecule is Cc1ccc(-n2cnc3c2CCN(C(=O)NC2C4CCc5ccccc5C42)C3)cc1. The molecule has 1 N–H and O–H groups in total. The van der Waals surface area contributed by atoms with Gasteiger partial charge in [-0.05, 0) is 48.9 Å². The number of rotatable bonds is 2. The van der Waals surface area contributed by atoms with E-state index < -0.39 is 0 Å². The van der Waals surface area contributed by atoms with E-state index in [1.807, 2.05) is 11.2 Å². The molecule has 3 aliphatic rings. The Hall–Kier alpha value is -3.08.